The highest BCUT2D eigenvalue weighted by atomic mass is 32.2. The average molecular weight is 297 g/mol. The van der Waals surface area contributed by atoms with E-state index in [1.807, 2.05) is 20.8 Å². The molecule has 0 spiro atoms. The van der Waals surface area contributed by atoms with Crippen molar-refractivity contribution in [3.8, 4) is 5.75 Å². The van der Waals surface area contributed by atoms with Gasteiger partial charge in [0.15, 0.2) is 0 Å². The van der Waals surface area contributed by atoms with E-state index in [1.54, 1.807) is 23.5 Å². The van der Waals surface area contributed by atoms with Crippen LogP contribution in [0.4, 0.5) is 0 Å². The number of hydrogen-bond donors (Lipinski definition) is 0. The van der Waals surface area contributed by atoms with E-state index >= 15 is 0 Å². The largest absolute Gasteiger partial charge is 0.496 e. The molecule has 0 aliphatic carbocycles. The van der Waals surface area contributed by atoms with Crippen molar-refractivity contribution in [2.75, 3.05) is 13.7 Å². The quantitative estimate of drug-likeness (QED) is 0.862. The van der Waals surface area contributed by atoms with Crippen LogP contribution in [0.5, 0.6) is 5.75 Å². The van der Waals surface area contributed by atoms with Crippen molar-refractivity contribution in [1.82, 2.24) is 4.31 Å². The fourth-order valence-electron chi connectivity index (χ4n) is 2.95. The molecule has 1 saturated heterocycles. The van der Waals surface area contributed by atoms with Crippen LogP contribution in [0.25, 0.3) is 0 Å². The van der Waals surface area contributed by atoms with Gasteiger partial charge in [0.25, 0.3) is 0 Å². The van der Waals surface area contributed by atoms with Crippen molar-refractivity contribution in [3.05, 3.63) is 23.3 Å². The van der Waals surface area contributed by atoms with Crippen LogP contribution < -0.4 is 4.74 Å². The van der Waals surface area contributed by atoms with E-state index in [9.17, 15) is 8.42 Å². The molecule has 0 aromatic heterocycles. The first-order chi connectivity index (χ1) is 9.37. The lowest BCUT2D eigenvalue weighted by molar-refractivity contribution is 0.268. The van der Waals surface area contributed by atoms with Gasteiger partial charge in [-0.2, -0.15) is 4.31 Å². The average Bonchev–Trinajstić information content (AvgIpc) is 2.38. The zero-order valence-corrected chi connectivity index (χ0v) is 13.5. The Bertz CT molecular complexity index is 572. The van der Waals surface area contributed by atoms with Crippen LogP contribution >= 0.6 is 0 Å². The molecule has 4 nitrogen and oxygen atoms in total. The van der Waals surface area contributed by atoms with Crippen molar-refractivity contribution in [1.29, 1.82) is 0 Å². The fraction of sp³-hybridized carbons (Fsp3) is 0.600. The molecule has 0 N–H and O–H groups in total. The van der Waals surface area contributed by atoms with Gasteiger partial charge in [0, 0.05) is 12.6 Å². The van der Waals surface area contributed by atoms with Crippen LogP contribution in [-0.4, -0.2) is 32.4 Å². The standard InChI is InChI=1S/C15H23NO3S/c1-11-9-14(10-12(2)15(11)19-4)20(17,18)16-8-6-5-7-13(16)3/h9-10,13H,5-8H2,1-4H3. The molecule has 1 fully saturated rings. The number of aryl methyl sites for hydroxylation is 2. The summed E-state index contributed by atoms with van der Waals surface area (Å²) in [7, 11) is -1.80. The SMILES string of the molecule is COc1c(C)cc(S(=O)(=O)N2CCCCC2C)cc1C. The van der Waals surface area contributed by atoms with E-state index < -0.39 is 10.0 Å². The summed E-state index contributed by atoms with van der Waals surface area (Å²) in [4.78, 5) is 0.377. The molecule has 2 rings (SSSR count). The second-order valence-corrected chi connectivity index (χ2v) is 7.44. The summed E-state index contributed by atoms with van der Waals surface area (Å²) in [6, 6.07) is 3.50. The highest BCUT2D eigenvalue weighted by molar-refractivity contribution is 7.89. The number of methoxy groups -OCH3 is 1. The van der Waals surface area contributed by atoms with E-state index in [4.69, 9.17) is 4.74 Å². The molecule has 20 heavy (non-hydrogen) atoms. The monoisotopic (exact) mass is 297 g/mol. The third kappa shape index (κ3) is 2.69. The van der Waals surface area contributed by atoms with Gasteiger partial charge < -0.3 is 4.74 Å². The van der Waals surface area contributed by atoms with Gasteiger partial charge in [0.2, 0.25) is 10.0 Å². The Morgan fingerprint density at radius 1 is 1.20 bits per heavy atom. The molecule has 1 heterocycles. The van der Waals surface area contributed by atoms with Gasteiger partial charge in [0.1, 0.15) is 5.75 Å². The molecule has 5 heteroatoms. The van der Waals surface area contributed by atoms with Gasteiger partial charge in [-0.05, 0) is 56.9 Å². The Morgan fingerprint density at radius 3 is 2.30 bits per heavy atom. The lowest BCUT2D eigenvalue weighted by Gasteiger charge is -2.32. The van der Waals surface area contributed by atoms with Gasteiger partial charge in [-0.15, -0.1) is 0 Å². The Kier molecular flexibility index (Phi) is 4.39. The van der Waals surface area contributed by atoms with E-state index in [1.165, 1.54) is 0 Å². The minimum atomic E-state index is -3.40. The van der Waals surface area contributed by atoms with Crippen LogP contribution in [-0.2, 0) is 10.0 Å². The normalized spacial score (nSPS) is 20.9. The first-order valence-corrected chi connectivity index (χ1v) is 8.49. The molecule has 1 aromatic rings. The summed E-state index contributed by atoms with van der Waals surface area (Å²) >= 11 is 0. The highest BCUT2D eigenvalue weighted by Gasteiger charge is 2.31. The van der Waals surface area contributed by atoms with E-state index in [0.717, 1.165) is 36.1 Å². The Labute approximate surface area is 121 Å². The maximum absolute atomic E-state index is 12.8. The van der Waals surface area contributed by atoms with Crippen LogP contribution in [0, 0.1) is 13.8 Å². The van der Waals surface area contributed by atoms with Gasteiger partial charge in [-0.3, -0.25) is 0 Å². The van der Waals surface area contributed by atoms with E-state index in [0.29, 0.717) is 11.4 Å². The van der Waals surface area contributed by atoms with Crippen molar-refractivity contribution in [2.24, 2.45) is 0 Å². The number of benzene rings is 1. The Hall–Kier alpha value is -1.07. The molecule has 1 aliphatic heterocycles. The maximum atomic E-state index is 12.8. The second-order valence-electron chi connectivity index (χ2n) is 5.55. The van der Waals surface area contributed by atoms with Crippen molar-refractivity contribution < 1.29 is 13.2 Å². The van der Waals surface area contributed by atoms with Gasteiger partial charge in [-0.25, -0.2) is 8.42 Å². The summed E-state index contributed by atoms with van der Waals surface area (Å²) in [6.45, 7) is 6.36. The fourth-order valence-corrected chi connectivity index (χ4v) is 4.82. The third-order valence-electron chi connectivity index (χ3n) is 3.99. The highest BCUT2D eigenvalue weighted by Crippen LogP contribution is 2.30. The van der Waals surface area contributed by atoms with Gasteiger partial charge in [0.05, 0.1) is 12.0 Å². The molecule has 1 unspecified atom stereocenters. The minimum Gasteiger partial charge on any atom is -0.496 e. The molecule has 1 atom stereocenters. The lowest BCUT2D eigenvalue weighted by atomic mass is 10.1. The van der Waals surface area contributed by atoms with Crippen LogP contribution in [0.2, 0.25) is 0 Å². The van der Waals surface area contributed by atoms with Crippen LogP contribution in [0.1, 0.15) is 37.3 Å². The van der Waals surface area contributed by atoms with E-state index in [2.05, 4.69) is 0 Å². The number of nitrogens with zero attached hydrogens (tertiary/aromatic N) is 1. The molecule has 0 bridgehead atoms. The number of rotatable bonds is 3. The number of ether oxygens (including phenoxy) is 1. The zero-order valence-electron chi connectivity index (χ0n) is 12.6. The minimum absolute atomic E-state index is 0.0801. The molecule has 0 amide bonds. The number of piperidine rings is 1. The summed E-state index contributed by atoms with van der Waals surface area (Å²) < 4.78 is 32.5. The summed E-state index contributed by atoms with van der Waals surface area (Å²) in [5.41, 5.74) is 1.71. The van der Waals surface area contributed by atoms with Gasteiger partial charge >= 0.3 is 0 Å². The Balaban J connectivity index is 2.44. The molecular weight excluding hydrogens is 274 g/mol. The van der Waals surface area contributed by atoms with Gasteiger partial charge in [-0.1, -0.05) is 6.42 Å². The zero-order chi connectivity index (χ0) is 14.9. The molecule has 0 saturated carbocycles. The summed E-state index contributed by atoms with van der Waals surface area (Å²) in [6.07, 6.45) is 2.99. The third-order valence-corrected chi connectivity index (χ3v) is 5.98. The first-order valence-electron chi connectivity index (χ1n) is 7.05. The summed E-state index contributed by atoms with van der Waals surface area (Å²) in [5, 5.41) is 0. The first kappa shape index (κ1) is 15.3. The number of hydrogen-bond acceptors (Lipinski definition) is 3. The molecule has 0 radical (unpaired) electrons. The van der Waals surface area contributed by atoms with Crippen LogP contribution in [0.3, 0.4) is 0 Å². The molecule has 112 valence electrons. The molecule has 1 aromatic carbocycles. The van der Waals surface area contributed by atoms with Crippen molar-refractivity contribution >= 4 is 10.0 Å². The van der Waals surface area contributed by atoms with Crippen molar-refractivity contribution in [3.63, 3.8) is 0 Å². The lowest BCUT2D eigenvalue weighted by Crippen LogP contribution is -2.41. The smallest absolute Gasteiger partial charge is 0.243 e. The predicted molar refractivity (Wildman–Crippen MR) is 79.7 cm³/mol. The topological polar surface area (TPSA) is 46.6 Å². The van der Waals surface area contributed by atoms with Crippen LogP contribution in [0.15, 0.2) is 17.0 Å². The molecule has 1 aliphatic rings. The predicted octanol–water partition coefficient (Wildman–Crippen LogP) is 2.88. The maximum Gasteiger partial charge on any atom is 0.243 e. The Morgan fingerprint density at radius 2 is 1.80 bits per heavy atom. The molecular formula is C15H23NO3S. The second kappa shape index (κ2) is 5.74. The summed E-state index contributed by atoms with van der Waals surface area (Å²) in [5.74, 6) is 0.760. The van der Waals surface area contributed by atoms with Crippen molar-refractivity contribution in [2.45, 2.75) is 51.0 Å². The van der Waals surface area contributed by atoms with E-state index in [-0.39, 0.29) is 6.04 Å². The number of sulfonamides is 1.